The van der Waals surface area contributed by atoms with Crippen molar-refractivity contribution in [2.45, 2.75) is 50.9 Å². The van der Waals surface area contributed by atoms with E-state index >= 15 is 0 Å². The van der Waals surface area contributed by atoms with Crippen LogP contribution in [0.4, 0.5) is 10.6 Å². The summed E-state index contributed by atoms with van der Waals surface area (Å²) in [6, 6.07) is 7.96. The van der Waals surface area contributed by atoms with E-state index in [2.05, 4.69) is 15.0 Å². The van der Waals surface area contributed by atoms with Crippen molar-refractivity contribution in [2.75, 3.05) is 26.1 Å². The monoisotopic (exact) mass is 585 g/mol. The third-order valence-electron chi connectivity index (χ3n) is 6.33. The lowest BCUT2D eigenvalue weighted by Crippen LogP contribution is -2.33. The molecule has 2 aromatic heterocycles. The first-order chi connectivity index (χ1) is 19.4. The van der Waals surface area contributed by atoms with E-state index < -0.39 is 15.6 Å². The molecule has 14 heteroatoms. The van der Waals surface area contributed by atoms with E-state index in [0.29, 0.717) is 42.1 Å². The largest absolute Gasteiger partial charge is 0.497 e. The van der Waals surface area contributed by atoms with Gasteiger partial charge in [0.2, 0.25) is 0 Å². The third kappa shape index (κ3) is 5.73. The minimum atomic E-state index is -4.14. The molecule has 2 aromatic carbocycles. The van der Waals surface area contributed by atoms with Gasteiger partial charge in [-0.25, -0.2) is 13.2 Å². The molecule has 1 aliphatic rings. The van der Waals surface area contributed by atoms with Gasteiger partial charge in [0, 0.05) is 17.8 Å². The number of benzene rings is 2. The fraction of sp³-hybridized carbons (Fsp3) is 0.370. The van der Waals surface area contributed by atoms with Crippen LogP contribution in [0, 0.1) is 0 Å². The van der Waals surface area contributed by atoms with E-state index in [0.717, 1.165) is 16.8 Å². The maximum Gasteiger partial charge on any atom is 0.410 e. The van der Waals surface area contributed by atoms with Crippen LogP contribution in [-0.2, 0) is 34.4 Å². The van der Waals surface area contributed by atoms with E-state index in [1.807, 2.05) is 27.0 Å². The summed E-state index contributed by atoms with van der Waals surface area (Å²) in [7, 11) is 0.154. The molecule has 3 heterocycles. The van der Waals surface area contributed by atoms with Gasteiger partial charge in [-0.1, -0.05) is 5.16 Å². The molecule has 0 saturated carbocycles. The summed E-state index contributed by atoms with van der Waals surface area (Å²) < 4.78 is 57.8. The molecule has 218 valence electrons. The molecule has 5 rings (SSSR count). The summed E-state index contributed by atoms with van der Waals surface area (Å²) in [5.41, 5.74) is 2.28. The number of carbonyl (C=O) groups is 1. The Morgan fingerprint density at radius 3 is 2.46 bits per heavy atom. The van der Waals surface area contributed by atoms with Crippen LogP contribution in [-0.4, -0.2) is 61.3 Å². The number of ether oxygens (including phenoxy) is 4. The number of nitrogens with zero attached hydrogens (tertiary/aromatic N) is 4. The predicted molar refractivity (Wildman–Crippen MR) is 148 cm³/mol. The van der Waals surface area contributed by atoms with Gasteiger partial charge in [0.05, 0.1) is 46.7 Å². The van der Waals surface area contributed by atoms with Crippen LogP contribution < -0.4 is 18.9 Å². The van der Waals surface area contributed by atoms with Crippen molar-refractivity contribution in [3.8, 4) is 17.2 Å². The van der Waals surface area contributed by atoms with E-state index in [9.17, 15) is 13.2 Å². The van der Waals surface area contributed by atoms with Gasteiger partial charge in [-0.05, 0) is 50.6 Å². The Balaban J connectivity index is 1.37. The van der Waals surface area contributed by atoms with Crippen molar-refractivity contribution in [1.82, 2.24) is 19.8 Å². The smallest absolute Gasteiger partial charge is 0.410 e. The molecule has 0 radical (unpaired) electrons. The van der Waals surface area contributed by atoms with E-state index in [4.69, 9.17) is 23.5 Å². The topological polar surface area (TPSA) is 147 Å². The standard InChI is InChI=1S/C27H31N5O8S/c1-27(2,3)39-26(33)31-13-17-14-32(28-19(17)15-31)12-16-9-21(38-6)24-22(10-16)40-29-25(24)30-41(34,35)23-11-18(36-4)7-8-20(23)37-5/h7-11,14H,12-13,15H2,1-6H3,(H,29,30). The van der Waals surface area contributed by atoms with Gasteiger partial charge in [-0.3, -0.25) is 14.3 Å². The summed E-state index contributed by atoms with van der Waals surface area (Å²) >= 11 is 0. The Hall–Kier alpha value is -4.46. The normalized spacial score (nSPS) is 13.3. The molecule has 0 aliphatic carbocycles. The van der Waals surface area contributed by atoms with Crippen LogP contribution in [0.2, 0.25) is 0 Å². The zero-order valence-electron chi connectivity index (χ0n) is 23.5. The van der Waals surface area contributed by atoms with Gasteiger partial charge in [-0.15, -0.1) is 0 Å². The average molecular weight is 586 g/mol. The number of sulfonamides is 1. The summed E-state index contributed by atoms with van der Waals surface area (Å²) in [6.07, 6.45) is 1.51. The zero-order valence-corrected chi connectivity index (χ0v) is 24.4. The third-order valence-corrected chi connectivity index (χ3v) is 7.69. The van der Waals surface area contributed by atoms with Crippen molar-refractivity contribution < 1.29 is 36.7 Å². The molecule has 0 bridgehead atoms. The quantitative estimate of drug-likeness (QED) is 0.320. The van der Waals surface area contributed by atoms with Crippen LogP contribution in [0.5, 0.6) is 17.2 Å². The molecular weight excluding hydrogens is 554 g/mol. The number of aromatic nitrogens is 3. The van der Waals surface area contributed by atoms with Crippen molar-refractivity contribution in [2.24, 2.45) is 0 Å². The number of hydrogen-bond donors (Lipinski definition) is 1. The SMILES string of the molecule is COc1ccc(OC)c(S(=O)(=O)Nc2noc3cc(Cn4cc5c(n4)CN(C(=O)OC(C)(C)C)C5)cc(OC)c23)c1. The molecule has 0 spiro atoms. The van der Waals surface area contributed by atoms with Crippen LogP contribution in [0.15, 0.2) is 45.9 Å². The molecule has 13 nitrogen and oxygen atoms in total. The summed E-state index contributed by atoms with van der Waals surface area (Å²) in [6.45, 7) is 6.65. The number of hydrogen-bond acceptors (Lipinski definition) is 10. The summed E-state index contributed by atoms with van der Waals surface area (Å²) in [4.78, 5) is 13.9. The zero-order chi connectivity index (χ0) is 29.5. The van der Waals surface area contributed by atoms with Crippen molar-refractivity contribution in [3.05, 3.63) is 53.3 Å². The molecule has 1 N–H and O–H groups in total. The maximum atomic E-state index is 13.3. The van der Waals surface area contributed by atoms with Gasteiger partial charge >= 0.3 is 6.09 Å². The second-order valence-corrected chi connectivity index (χ2v) is 12.1. The minimum Gasteiger partial charge on any atom is -0.497 e. The lowest BCUT2D eigenvalue weighted by Gasteiger charge is -2.24. The number of amides is 1. The van der Waals surface area contributed by atoms with E-state index in [-0.39, 0.29) is 22.6 Å². The van der Waals surface area contributed by atoms with Crippen molar-refractivity contribution >= 4 is 32.9 Å². The fourth-order valence-corrected chi connectivity index (χ4v) is 5.71. The molecular formula is C27H31N5O8S. The van der Waals surface area contributed by atoms with Crippen molar-refractivity contribution in [1.29, 1.82) is 0 Å². The second kappa shape index (κ2) is 10.5. The lowest BCUT2D eigenvalue weighted by atomic mass is 10.1. The van der Waals surface area contributed by atoms with E-state index in [1.54, 1.807) is 27.8 Å². The highest BCUT2D eigenvalue weighted by Crippen LogP contribution is 2.36. The van der Waals surface area contributed by atoms with Crippen LogP contribution in [0.25, 0.3) is 11.0 Å². The van der Waals surface area contributed by atoms with Crippen LogP contribution >= 0.6 is 0 Å². The molecule has 0 fully saturated rings. The summed E-state index contributed by atoms with van der Waals surface area (Å²) in [5, 5.41) is 8.96. The van der Waals surface area contributed by atoms with Crippen LogP contribution in [0.1, 0.15) is 37.6 Å². The number of rotatable bonds is 8. The fourth-order valence-electron chi connectivity index (χ4n) is 4.52. The van der Waals surface area contributed by atoms with Crippen molar-refractivity contribution in [3.63, 3.8) is 0 Å². The highest BCUT2D eigenvalue weighted by Gasteiger charge is 2.30. The predicted octanol–water partition coefficient (Wildman–Crippen LogP) is 4.15. The molecule has 4 aromatic rings. The average Bonchev–Trinajstić information content (AvgIpc) is 3.60. The molecule has 1 aliphatic heterocycles. The first-order valence-corrected chi connectivity index (χ1v) is 14.1. The number of fused-ring (bicyclic) bond motifs is 2. The van der Waals surface area contributed by atoms with Gasteiger partial charge in [-0.2, -0.15) is 5.10 Å². The Kier molecular flexibility index (Phi) is 7.19. The Morgan fingerprint density at radius 2 is 1.80 bits per heavy atom. The first-order valence-electron chi connectivity index (χ1n) is 12.6. The molecule has 0 unspecified atom stereocenters. The van der Waals surface area contributed by atoms with Gasteiger partial charge < -0.3 is 23.5 Å². The van der Waals surface area contributed by atoms with Gasteiger partial charge in [0.1, 0.15) is 33.1 Å². The number of methoxy groups -OCH3 is 3. The summed E-state index contributed by atoms with van der Waals surface area (Å²) in [5.74, 6) is 0.819. The Morgan fingerprint density at radius 1 is 1.05 bits per heavy atom. The maximum absolute atomic E-state index is 13.3. The molecule has 1 amide bonds. The molecule has 0 atom stereocenters. The molecule has 0 saturated heterocycles. The number of anilines is 1. The van der Waals surface area contributed by atoms with Gasteiger partial charge in [0.15, 0.2) is 11.4 Å². The van der Waals surface area contributed by atoms with Gasteiger partial charge in [0.25, 0.3) is 10.0 Å². The second-order valence-electron chi connectivity index (χ2n) is 10.5. The Labute approximate surface area is 236 Å². The highest BCUT2D eigenvalue weighted by atomic mass is 32.2. The van der Waals surface area contributed by atoms with E-state index in [1.165, 1.54) is 33.5 Å². The lowest BCUT2D eigenvalue weighted by molar-refractivity contribution is 0.0239. The first kappa shape index (κ1) is 28.1. The van der Waals surface area contributed by atoms with Crippen LogP contribution in [0.3, 0.4) is 0 Å². The minimum absolute atomic E-state index is 0.0337. The number of carbonyl (C=O) groups excluding carboxylic acids is 1. The Bertz CT molecular complexity index is 1700. The molecule has 41 heavy (non-hydrogen) atoms. The highest BCUT2D eigenvalue weighted by molar-refractivity contribution is 7.92. The number of nitrogens with one attached hydrogen (secondary N) is 1.